The molecule has 0 bridgehead atoms. The molecule has 1 aliphatic heterocycles. The molecule has 1 fully saturated rings. The highest BCUT2D eigenvalue weighted by Crippen LogP contribution is 2.06. The van der Waals surface area contributed by atoms with Crippen LogP contribution in [0, 0.1) is 0 Å². The molecular formula is C11H26INO. The molecule has 88 valence electrons. The van der Waals surface area contributed by atoms with Crippen molar-refractivity contribution in [2.24, 2.45) is 0 Å². The van der Waals surface area contributed by atoms with Gasteiger partial charge in [-0.25, -0.2) is 0 Å². The van der Waals surface area contributed by atoms with Gasteiger partial charge in [-0.3, -0.25) is 4.79 Å². The fourth-order valence-corrected chi connectivity index (χ4v) is 1.20. The molecule has 14 heavy (non-hydrogen) atoms. The second-order valence-electron chi connectivity index (χ2n) is 2.61. The van der Waals surface area contributed by atoms with Crippen molar-refractivity contribution in [3.8, 4) is 0 Å². The first-order valence-electron chi connectivity index (χ1n) is 5.54. The average molecular weight is 315 g/mol. The summed E-state index contributed by atoms with van der Waals surface area (Å²) in [5.41, 5.74) is 0. The normalized spacial score (nSPS) is 18.8. The quantitative estimate of drug-likeness (QED) is 0.752. The summed E-state index contributed by atoms with van der Waals surface area (Å²) in [7, 11) is 0. The number of Topliss-reactive ketones (excluding diaryl/α,β-unsaturated/α-hetero) is 1. The number of halogens is 1. The van der Waals surface area contributed by atoms with Crippen molar-refractivity contribution in [2.45, 2.75) is 59.9 Å². The lowest BCUT2D eigenvalue weighted by atomic mass is 10.0. The topological polar surface area (TPSA) is 29.1 Å². The lowest BCUT2D eigenvalue weighted by molar-refractivity contribution is -0.119. The molecule has 0 radical (unpaired) electrons. The maximum absolute atomic E-state index is 10.7. The molecule has 0 aromatic heterocycles. The van der Waals surface area contributed by atoms with Crippen molar-refractivity contribution in [2.75, 3.05) is 6.54 Å². The highest BCUT2D eigenvalue weighted by atomic mass is 127. The van der Waals surface area contributed by atoms with Crippen LogP contribution < -0.4 is 5.32 Å². The average Bonchev–Trinajstić information content (AvgIpc) is 2.25. The van der Waals surface area contributed by atoms with Gasteiger partial charge in [-0.05, 0) is 26.3 Å². The number of nitrogens with one attached hydrogen (secondary N) is 1. The Morgan fingerprint density at radius 1 is 1.14 bits per heavy atom. The van der Waals surface area contributed by atoms with Crippen LogP contribution in [0.1, 0.15) is 53.9 Å². The zero-order chi connectivity index (χ0) is 10.7. The summed E-state index contributed by atoms with van der Waals surface area (Å²) in [5, 5.41) is 3.17. The van der Waals surface area contributed by atoms with Crippen molar-refractivity contribution in [1.82, 2.24) is 5.32 Å². The summed E-state index contributed by atoms with van der Waals surface area (Å²) in [6.07, 6.45) is 3.47. The summed E-state index contributed by atoms with van der Waals surface area (Å²) >= 11 is 0. The van der Waals surface area contributed by atoms with E-state index in [0.717, 1.165) is 13.0 Å². The molecule has 1 atom stereocenters. The van der Waals surface area contributed by atoms with Gasteiger partial charge in [0.1, 0.15) is 5.78 Å². The van der Waals surface area contributed by atoms with Crippen molar-refractivity contribution < 1.29 is 4.79 Å². The molecule has 1 heterocycles. The number of piperidine rings is 1. The first-order chi connectivity index (χ1) is 6.30. The van der Waals surface area contributed by atoms with E-state index in [9.17, 15) is 4.79 Å². The van der Waals surface area contributed by atoms with Crippen molar-refractivity contribution in [3.05, 3.63) is 0 Å². The van der Waals surface area contributed by atoms with E-state index in [4.69, 9.17) is 0 Å². The van der Waals surface area contributed by atoms with E-state index in [2.05, 4.69) is 5.32 Å². The molecule has 1 saturated heterocycles. The lowest BCUT2D eigenvalue weighted by Gasteiger charge is -2.20. The molecular weight excluding hydrogens is 289 g/mol. The van der Waals surface area contributed by atoms with E-state index in [1.165, 1.54) is 12.8 Å². The molecule has 0 unspecified atom stereocenters. The number of hydrogen-bond donors (Lipinski definition) is 1. The molecule has 0 spiro atoms. The molecule has 0 aliphatic carbocycles. The summed E-state index contributed by atoms with van der Waals surface area (Å²) in [6, 6.07) is 0.166. The van der Waals surface area contributed by atoms with Crippen LogP contribution in [0.15, 0.2) is 0 Å². The summed E-state index contributed by atoms with van der Waals surface area (Å²) in [6.45, 7) is 10.7. The van der Waals surface area contributed by atoms with Gasteiger partial charge in [0.2, 0.25) is 0 Å². The predicted molar refractivity (Wildman–Crippen MR) is 74.4 cm³/mol. The number of hydrogen-bond acceptors (Lipinski definition) is 2. The van der Waals surface area contributed by atoms with Crippen LogP contribution >= 0.6 is 24.0 Å². The first kappa shape index (κ1) is 19.9. The standard InChI is InChI=1S/C7H13NO.2C2H6.HI/c1-6(9)7-4-2-3-5-8-7;2*1-2;/h7-8H,2-5H2,1H3;2*1-2H3;1H/t7-;;;/m0.../s1. The van der Waals surface area contributed by atoms with Gasteiger partial charge in [0, 0.05) is 0 Å². The maximum atomic E-state index is 10.7. The van der Waals surface area contributed by atoms with Crippen LogP contribution in [-0.2, 0) is 4.79 Å². The Bertz CT molecular complexity index is 112. The lowest BCUT2D eigenvalue weighted by Crippen LogP contribution is -2.38. The van der Waals surface area contributed by atoms with Crippen molar-refractivity contribution >= 4 is 29.8 Å². The van der Waals surface area contributed by atoms with Crippen LogP contribution in [0.5, 0.6) is 0 Å². The second kappa shape index (κ2) is 15.8. The van der Waals surface area contributed by atoms with Gasteiger partial charge in [0.05, 0.1) is 6.04 Å². The third-order valence-electron chi connectivity index (χ3n) is 1.80. The van der Waals surface area contributed by atoms with E-state index >= 15 is 0 Å². The smallest absolute Gasteiger partial charge is 0.146 e. The zero-order valence-corrected chi connectivity index (χ0v) is 12.6. The summed E-state index contributed by atoms with van der Waals surface area (Å²) in [4.78, 5) is 10.7. The Morgan fingerprint density at radius 2 is 1.64 bits per heavy atom. The Hall–Kier alpha value is 0.360. The number of carbonyl (C=O) groups is 1. The van der Waals surface area contributed by atoms with Crippen LogP contribution in [0.2, 0.25) is 0 Å². The first-order valence-corrected chi connectivity index (χ1v) is 5.54. The Morgan fingerprint density at radius 3 is 1.86 bits per heavy atom. The molecule has 0 amide bonds. The zero-order valence-electron chi connectivity index (χ0n) is 10.2. The Kier molecular flexibility index (Phi) is 22.4. The van der Waals surface area contributed by atoms with E-state index in [-0.39, 0.29) is 35.8 Å². The molecule has 1 N–H and O–H groups in total. The molecule has 1 rings (SSSR count). The third-order valence-corrected chi connectivity index (χ3v) is 1.80. The second-order valence-corrected chi connectivity index (χ2v) is 2.61. The molecule has 3 heteroatoms. The van der Waals surface area contributed by atoms with Gasteiger partial charge >= 0.3 is 0 Å². The van der Waals surface area contributed by atoms with Crippen molar-refractivity contribution in [1.29, 1.82) is 0 Å². The summed E-state index contributed by atoms with van der Waals surface area (Å²) in [5.74, 6) is 0.287. The Labute approximate surface area is 106 Å². The van der Waals surface area contributed by atoms with Gasteiger partial charge in [-0.1, -0.05) is 34.1 Å². The van der Waals surface area contributed by atoms with Crippen LogP contribution in [-0.4, -0.2) is 18.4 Å². The predicted octanol–water partition coefficient (Wildman–Crippen LogP) is 3.39. The largest absolute Gasteiger partial charge is 0.307 e. The van der Waals surface area contributed by atoms with Crippen LogP contribution in [0.25, 0.3) is 0 Å². The molecule has 0 saturated carbocycles. The van der Waals surface area contributed by atoms with Gasteiger partial charge < -0.3 is 5.32 Å². The minimum atomic E-state index is 0. The monoisotopic (exact) mass is 315 g/mol. The summed E-state index contributed by atoms with van der Waals surface area (Å²) < 4.78 is 0. The minimum Gasteiger partial charge on any atom is -0.307 e. The van der Waals surface area contributed by atoms with E-state index in [0.29, 0.717) is 0 Å². The highest BCUT2D eigenvalue weighted by molar-refractivity contribution is 14.0. The van der Waals surface area contributed by atoms with Crippen LogP contribution in [0.4, 0.5) is 0 Å². The Balaban J connectivity index is -0.000000216. The number of ketones is 1. The SMILES string of the molecule is CC.CC.CC(=O)[C@@H]1CCCCN1.I. The van der Waals surface area contributed by atoms with Gasteiger partial charge in [-0.2, -0.15) is 0 Å². The number of rotatable bonds is 1. The molecule has 0 aromatic rings. The van der Waals surface area contributed by atoms with Gasteiger partial charge in [0.15, 0.2) is 0 Å². The number of carbonyl (C=O) groups excluding carboxylic acids is 1. The molecule has 1 aliphatic rings. The van der Waals surface area contributed by atoms with E-state index in [1.54, 1.807) is 6.92 Å². The molecule has 0 aromatic carbocycles. The van der Waals surface area contributed by atoms with Gasteiger partial charge in [0.25, 0.3) is 0 Å². The maximum Gasteiger partial charge on any atom is 0.146 e. The van der Waals surface area contributed by atoms with Crippen LogP contribution in [0.3, 0.4) is 0 Å². The highest BCUT2D eigenvalue weighted by Gasteiger charge is 2.15. The third kappa shape index (κ3) is 10.4. The fourth-order valence-electron chi connectivity index (χ4n) is 1.20. The van der Waals surface area contributed by atoms with E-state index < -0.39 is 0 Å². The van der Waals surface area contributed by atoms with E-state index in [1.807, 2.05) is 27.7 Å². The fraction of sp³-hybridized carbons (Fsp3) is 0.909. The minimum absolute atomic E-state index is 0. The van der Waals surface area contributed by atoms with Gasteiger partial charge in [-0.15, -0.1) is 24.0 Å². The van der Waals surface area contributed by atoms with Crippen molar-refractivity contribution in [3.63, 3.8) is 0 Å². The molecule has 2 nitrogen and oxygen atoms in total.